The van der Waals surface area contributed by atoms with E-state index in [9.17, 15) is 4.79 Å². The summed E-state index contributed by atoms with van der Waals surface area (Å²) in [7, 11) is 0. The maximum absolute atomic E-state index is 12.5. The van der Waals surface area contributed by atoms with Gasteiger partial charge in [-0.15, -0.1) is 5.06 Å². The predicted octanol–water partition coefficient (Wildman–Crippen LogP) is 2.81. The van der Waals surface area contributed by atoms with Crippen LogP contribution in [-0.4, -0.2) is 60.9 Å². The van der Waals surface area contributed by atoms with Crippen molar-refractivity contribution < 1.29 is 14.4 Å². The molecule has 2 heterocycles. The van der Waals surface area contributed by atoms with E-state index in [1.165, 1.54) is 11.1 Å². The van der Waals surface area contributed by atoms with Gasteiger partial charge in [0.15, 0.2) is 0 Å². The van der Waals surface area contributed by atoms with Gasteiger partial charge >= 0.3 is 5.97 Å². The molecule has 1 aromatic carbocycles. The number of morpholine rings is 1. The van der Waals surface area contributed by atoms with Crippen LogP contribution in [-0.2, 0) is 9.57 Å². The highest BCUT2D eigenvalue weighted by Crippen LogP contribution is 2.47. The van der Waals surface area contributed by atoms with Gasteiger partial charge in [0.2, 0.25) is 0 Å². The molecule has 0 amide bonds. The monoisotopic (exact) mass is 366 g/mol. The molecule has 142 valence electrons. The van der Waals surface area contributed by atoms with Gasteiger partial charge in [-0.3, -0.25) is 4.90 Å². The van der Waals surface area contributed by atoms with E-state index in [1.54, 1.807) is 0 Å². The second kappa shape index (κ2) is 7.23. The van der Waals surface area contributed by atoms with Crippen LogP contribution in [0.15, 0.2) is 53.6 Å². The number of piperidine rings is 1. The molecule has 5 nitrogen and oxygen atoms in total. The Morgan fingerprint density at radius 2 is 1.89 bits per heavy atom. The van der Waals surface area contributed by atoms with Crippen molar-refractivity contribution in [2.24, 2.45) is 5.92 Å². The summed E-state index contributed by atoms with van der Waals surface area (Å²) in [5, 5.41) is 1.92. The van der Waals surface area contributed by atoms with Crippen molar-refractivity contribution >= 4 is 5.97 Å². The molecule has 2 aliphatic carbocycles. The van der Waals surface area contributed by atoms with Crippen LogP contribution in [0.4, 0.5) is 0 Å². The van der Waals surface area contributed by atoms with Gasteiger partial charge in [0, 0.05) is 25.7 Å². The average Bonchev–Trinajstić information content (AvgIpc) is 3.04. The van der Waals surface area contributed by atoms with Gasteiger partial charge in [0.05, 0.1) is 24.8 Å². The van der Waals surface area contributed by atoms with Crippen LogP contribution in [0.1, 0.15) is 29.6 Å². The minimum Gasteiger partial charge on any atom is -0.379 e. The van der Waals surface area contributed by atoms with Crippen molar-refractivity contribution in [3.8, 4) is 0 Å². The summed E-state index contributed by atoms with van der Waals surface area (Å²) in [4.78, 5) is 20.8. The Kier molecular flexibility index (Phi) is 4.60. The second-order valence-electron chi connectivity index (χ2n) is 7.86. The Morgan fingerprint density at radius 1 is 1.07 bits per heavy atom. The number of carbonyl (C=O) groups excluding carboxylic acids is 1. The Bertz CT molecular complexity index is 767. The number of hydroxylamine groups is 2. The number of ether oxygens (including phenoxy) is 1. The lowest BCUT2D eigenvalue weighted by atomic mass is 9.90. The summed E-state index contributed by atoms with van der Waals surface area (Å²) in [6.45, 7) is 4.53. The van der Waals surface area contributed by atoms with Crippen molar-refractivity contribution in [2.75, 3.05) is 32.8 Å². The highest BCUT2D eigenvalue weighted by Gasteiger charge is 2.44. The molecule has 3 unspecified atom stereocenters. The zero-order chi connectivity index (χ0) is 18.2. The first-order chi connectivity index (χ1) is 13.3. The van der Waals surface area contributed by atoms with Gasteiger partial charge in [-0.2, -0.15) is 0 Å². The van der Waals surface area contributed by atoms with Gasteiger partial charge in [-0.05, 0) is 48.5 Å². The molecule has 1 saturated carbocycles. The number of hydrogen-bond donors (Lipinski definition) is 0. The molecule has 0 N–H and O–H groups in total. The van der Waals surface area contributed by atoms with Gasteiger partial charge in [-0.1, -0.05) is 30.4 Å². The fourth-order valence-corrected chi connectivity index (χ4v) is 4.95. The topological polar surface area (TPSA) is 42.0 Å². The largest absolute Gasteiger partial charge is 0.379 e. The quantitative estimate of drug-likeness (QED) is 0.823. The van der Waals surface area contributed by atoms with E-state index in [0.29, 0.717) is 17.5 Å². The second-order valence-corrected chi connectivity index (χ2v) is 7.86. The summed E-state index contributed by atoms with van der Waals surface area (Å²) >= 11 is 0. The van der Waals surface area contributed by atoms with Gasteiger partial charge < -0.3 is 9.57 Å². The lowest BCUT2D eigenvalue weighted by Gasteiger charge is -2.35. The molecule has 2 saturated heterocycles. The smallest absolute Gasteiger partial charge is 0.357 e. The van der Waals surface area contributed by atoms with E-state index >= 15 is 0 Å². The van der Waals surface area contributed by atoms with E-state index in [2.05, 4.69) is 17.1 Å². The summed E-state index contributed by atoms with van der Waals surface area (Å²) in [6.07, 6.45) is 8.05. The van der Waals surface area contributed by atoms with Crippen LogP contribution >= 0.6 is 0 Å². The molecular weight excluding hydrogens is 340 g/mol. The third-order valence-electron chi connectivity index (χ3n) is 6.36. The van der Waals surface area contributed by atoms with Crippen LogP contribution in [0.2, 0.25) is 0 Å². The lowest BCUT2D eigenvalue weighted by molar-refractivity contribution is -0.140. The molecular formula is C22H26N2O3. The number of carbonyl (C=O) groups is 1. The first-order valence-electron chi connectivity index (χ1n) is 10.1. The molecule has 4 aliphatic rings. The maximum atomic E-state index is 12.5. The van der Waals surface area contributed by atoms with Crippen molar-refractivity contribution in [1.29, 1.82) is 0 Å². The fourth-order valence-electron chi connectivity index (χ4n) is 4.95. The number of rotatable bonds is 3. The van der Waals surface area contributed by atoms with Crippen molar-refractivity contribution in [2.45, 2.75) is 31.3 Å². The molecule has 0 aromatic heterocycles. The van der Waals surface area contributed by atoms with Crippen LogP contribution in [0, 0.1) is 5.92 Å². The van der Waals surface area contributed by atoms with E-state index in [-0.39, 0.29) is 12.0 Å². The Labute approximate surface area is 160 Å². The molecule has 5 heteroatoms. The number of hydrogen-bond acceptors (Lipinski definition) is 5. The van der Waals surface area contributed by atoms with E-state index in [4.69, 9.17) is 9.57 Å². The molecule has 2 aliphatic heterocycles. The normalized spacial score (nSPS) is 31.0. The molecule has 0 radical (unpaired) electrons. The third kappa shape index (κ3) is 3.24. The van der Waals surface area contributed by atoms with Crippen molar-refractivity contribution in [3.05, 3.63) is 59.2 Å². The Hall–Kier alpha value is -1.95. The number of fused-ring (bicyclic) bond motifs is 5. The summed E-state index contributed by atoms with van der Waals surface area (Å²) < 4.78 is 5.50. The van der Waals surface area contributed by atoms with Gasteiger partial charge in [0.1, 0.15) is 0 Å². The lowest BCUT2D eigenvalue weighted by Crippen LogP contribution is -2.43. The third-order valence-corrected chi connectivity index (χ3v) is 6.36. The van der Waals surface area contributed by atoms with Crippen LogP contribution < -0.4 is 0 Å². The molecule has 5 rings (SSSR count). The van der Waals surface area contributed by atoms with E-state index in [0.717, 1.165) is 52.1 Å². The van der Waals surface area contributed by atoms with Crippen molar-refractivity contribution in [1.82, 2.24) is 9.96 Å². The Balaban J connectivity index is 1.31. The van der Waals surface area contributed by atoms with Crippen LogP contribution in [0.25, 0.3) is 0 Å². The Morgan fingerprint density at radius 3 is 2.70 bits per heavy atom. The minimum atomic E-state index is -0.255. The minimum absolute atomic E-state index is 0.216. The summed E-state index contributed by atoms with van der Waals surface area (Å²) in [5.41, 5.74) is 3.50. The molecule has 2 bridgehead atoms. The maximum Gasteiger partial charge on any atom is 0.357 e. The highest BCUT2D eigenvalue weighted by molar-refractivity contribution is 5.89. The fraction of sp³-hybridized carbons (Fsp3) is 0.500. The number of nitrogens with zero attached hydrogens (tertiary/aromatic N) is 2. The summed E-state index contributed by atoms with van der Waals surface area (Å²) in [5.74, 6) is 0.353. The van der Waals surface area contributed by atoms with Crippen molar-refractivity contribution in [3.63, 3.8) is 0 Å². The molecule has 3 atom stereocenters. The molecule has 3 fully saturated rings. The summed E-state index contributed by atoms with van der Waals surface area (Å²) in [6, 6.07) is 9.97. The first kappa shape index (κ1) is 17.2. The van der Waals surface area contributed by atoms with E-state index in [1.807, 2.05) is 35.4 Å². The first-order valence-corrected chi connectivity index (χ1v) is 10.1. The SMILES string of the molecule is O=C(ON1CCC2CC1C1=CCC(N3CCOCC3)C=C12)c1ccccc1. The zero-order valence-electron chi connectivity index (χ0n) is 15.5. The standard InChI is InChI=1S/C22H26N2O3/c25-22(16-4-2-1-3-5-16)27-24-9-8-17-14-21(24)19-7-6-18(15-20(17)19)23-10-12-26-13-11-23/h1-5,7,15,17-18,21H,6,8-14H2. The van der Waals surface area contributed by atoms with Crippen LogP contribution in [0.3, 0.4) is 0 Å². The molecule has 0 spiro atoms. The van der Waals surface area contributed by atoms with E-state index < -0.39 is 0 Å². The average molecular weight is 366 g/mol. The van der Waals surface area contributed by atoms with Gasteiger partial charge in [-0.25, -0.2) is 4.79 Å². The van der Waals surface area contributed by atoms with Gasteiger partial charge in [0.25, 0.3) is 0 Å². The van der Waals surface area contributed by atoms with Crippen LogP contribution in [0.5, 0.6) is 0 Å². The number of benzene rings is 1. The predicted molar refractivity (Wildman–Crippen MR) is 102 cm³/mol. The molecule has 1 aromatic rings. The highest BCUT2D eigenvalue weighted by atomic mass is 16.7. The zero-order valence-corrected chi connectivity index (χ0v) is 15.5. The molecule has 27 heavy (non-hydrogen) atoms.